The highest BCUT2D eigenvalue weighted by Gasteiger charge is 2.23. The molecule has 0 aromatic heterocycles. The van der Waals surface area contributed by atoms with Crippen molar-refractivity contribution in [2.45, 2.75) is 0 Å². The number of nitrogens with one attached hydrogen (secondary N) is 2. The third-order valence-electron chi connectivity index (χ3n) is 3.52. The maximum atomic E-state index is 14.8. The Morgan fingerprint density at radius 2 is 2.00 bits per heavy atom. The molecule has 0 spiro atoms. The number of aliphatic hydroxyl groups is 1. The number of carbonyl (C=O) groups is 1. The maximum Gasteiger partial charge on any atom is 0.277 e. The Balaban J connectivity index is 2.46. The molecule has 0 bridgehead atoms. The van der Waals surface area contributed by atoms with Crippen molar-refractivity contribution in [2.75, 3.05) is 25.1 Å². The van der Waals surface area contributed by atoms with Crippen molar-refractivity contribution < 1.29 is 38.0 Å². The lowest BCUT2D eigenvalue weighted by molar-refractivity contribution is 0.0458. The minimum Gasteiger partial charge on any atom is -0.411 e. The molecule has 0 saturated heterocycles. The summed E-state index contributed by atoms with van der Waals surface area (Å²) in [7, 11) is 0. The largest absolute Gasteiger partial charge is 0.411 e. The first-order valence-corrected chi connectivity index (χ1v) is 9.55. The van der Waals surface area contributed by atoms with Crippen LogP contribution < -0.4 is 10.8 Å². The summed E-state index contributed by atoms with van der Waals surface area (Å²) in [4.78, 5) is 21.8. The summed E-state index contributed by atoms with van der Waals surface area (Å²) in [5.41, 5.74) is 0.214. The number of amides is 1. The van der Waals surface area contributed by atoms with Gasteiger partial charge >= 0.3 is 0 Å². The number of halogens is 4. The summed E-state index contributed by atoms with van der Waals surface area (Å²) >= 11 is 1.87. The third-order valence-corrected chi connectivity index (χ3v) is 4.19. The van der Waals surface area contributed by atoms with Crippen LogP contribution in [-0.4, -0.2) is 48.5 Å². The minimum atomic E-state index is -1.48. The van der Waals surface area contributed by atoms with E-state index in [2.05, 4.69) is 20.5 Å². The number of anilines is 2. The van der Waals surface area contributed by atoms with E-state index in [1.54, 1.807) is 0 Å². The average molecular weight is 552 g/mol. The molecule has 0 aliphatic carbocycles. The van der Waals surface area contributed by atoms with Crippen LogP contribution in [0, 0.1) is 21.0 Å². The molecule has 0 atom stereocenters. The number of oxime groups is 2. The summed E-state index contributed by atoms with van der Waals surface area (Å²) in [6, 6.07) is 4.92. The quantitative estimate of drug-likeness (QED) is 0.118. The number of hydrogen-bond donors (Lipinski definition) is 4. The number of benzene rings is 2. The van der Waals surface area contributed by atoms with E-state index < -0.39 is 40.2 Å². The van der Waals surface area contributed by atoms with Gasteiger partial charge in [0.05, 0.1) is 36.0 Å². The van der Waals surface area contributed by atoms with Crippen molar-refractivity contribution in [3.8, 4) is 0 Å². The molecule has 166 valence electrons. The maximum absolute atomic E-state index is 14.8. The molecule has 0 aliphatic heterocycles. The molecule has 4 N–H and O–H groups in total. The molecule has 0 aliphatic rings. The summed E-state index contributed by atoms with van der Waals surface area (Å²) in [5.74, 6) is -4.62. The predicted molar refractivity (Wildman–Crippen MR) is 113 cm³/mol. The zero-order valence-electron chi connectivity index (χ0n) is 15.6. The fraction of sp³-hybridized carbons (Fsp3) is 0.167. The Hall–Kier alpha value is -2.91. The molecule has 9 nitrogen and oxygen atoms in total. The molecular weight excluding hydrogens is 536 g/mol. The molecule has 0 radical (unpaired) electrons. The van der Waals surface area contributed by atoms with E-state index in [9.17, 15) is 18.0 Å². The lowest BCUT2D eigenvalue weighted by atomic mass is 10.1. The van der Waals surface area contributed by atoms with Gasteiger partial charge in [-0.1, -0.05) is 10.3 Å². The van der Waals surface area contributed by atoms with Crippen LogP contribution in [-0.2, 0) is 9.68 Å². The summed E-state index contributed by atoms with van der Waals surface area (Å²) in [5, 5.41) is 25.4. The molecule has 0 fully saturated rings. The molecule has 0 saturated carbocycles. The Morgan fingerprint density at radius 3 is 2.68 bits per heavy atom. The molecule has 1 amide bonds. The van der Waals surface area contributed by atoms with Gasteiger partial charge in [-0.3, -0.25) is 9.63 Å². The van der Waals surface area contributed by atoms with Gasteiger partial charge < -0.3 is 20.5 Å². The van der Waals surface area contributed by atoms with Crippen LogP contribution in [0.2, 0.25) is 0 Å². The van der Waals surface area contributed by atoms with Crippen molar-refractivity contribution in [2.24, 2.45) is 10.3 Å². The molecule has 2 aromatic carbocycles. The van der Waals surface area contributed by atoms with E-state index in [-0.39, 0.29) is 25.5 Å². The molecule has 31 heavy (non-hydrogen) atoms. The number of nitrogens with zero attached hydrogens (tertiary/aromatic N) is 2. The fourth-order valence-electron chi connectivity index (χ4n) is 2.19. The summed E-state index contributed by atoms with van der Waals surface area (Å²) in [6.07, 6.45) is 1.72. The summed E-state index contributed by atoms with van der Waals surface area (Å²) < 4.78 is 44.1. The number of hydroxylamine groups is 1. The smallest absolute Gasteiger partial charge is 0.277 e. The standard InChI is InChI=1S/C18H16F3IN4O5/c19-13-8-11(22)1-2-14(13)25-17-12(18(28)26-31-5-3-23-29)7-10(15(20)16(17)21)9-24-30-6-4-27/h1-3,7-9,25,27,29H,4-6H2,(H,26,28)/b23-3+,24-9+. The van der Waals surface area contributed by atoms with E-state index in [0.29, 0.717) is 3.57 Å². The second-order valence-corrected chi connectivity index (χ2v) is 6.84. The lowest BCUT2D eigenvalue weighted by Gasteiger charge is -2.15. The number of aliphatic hydroxyl groups excluding tert-OH is 1. The van der Waals surface area contributed by atoms with Crippen molar-refractivity contribution >= 4 is 52.3 Å². The monoisotopic (exact) mass is 552 g/mol. The van der Waals surface area contributed by atoms with Crippen LogP contribution in [0.25, 0.3) is 0 Å². The van der Waals surface area contributed by atoms with Gasteiger partial charge in [0.2, 0.25) is 0 Å². The van der Waals surface area contributed by atoms with Crippen LogP contribution in [0.5, 0.6) is 0 Å². The normalized spacial score (nSPS) is 11.3. The second-order valence-electron chi connectivity index (χ2n) is 5.60. The van der Waals surface area contributed by atoms with E-state index >= 15 is 0 Å². The van der Waals surface area contributed by atoms with Crippen LogP contribution in [0.15, 0.2) is 34.6 Å². The van der Waals surface area contributed by atoms with E-state index in [0.717, 1.165) is 24.6 Å². The minimum absolute atomic E-state index is 0.181. The van der Waals surface area contributed by atoms with Gasteiger partial charge in [0.15, 0.2) is 11.6 Å². The van der Waals surface area contributed by atoms with E-state index in [1.165, 1.54) is 12.1 Å². The van der Waals surface area contributed by atoms with Gasteiger partial charge in [-0.25, -0.2) is 18.7 Å². The van der Waals surface area contributed by atoms with Gasteiger partial charge in [0.1, 0.15) is 19.0 Å². The molecule has 2 rings (SSSR count). The van der Waals surface area contributed by atoms with Crippen molar-refractivity contribution in [1.29, 1.82) is 0 Å². The Labute approximate surface area is 187 Å². The SMILES string of the molecule is O=C(NOC/C=N/O)c1cc(/C=N/OCCO)c(F)c(F)c1Nc1ccc(I)cc1F. The van der Waals surface area contributed by atoms with Crippen LogP contribution in [0.4, 0.5) is 24.5 Å². The Kier molecular flexibility index (Phi) is 9.48. The lowest BCUT2D eigenvalue weighted by Crippen LogP contribution is -2.26. The van der Waals surface area contributed by atoms with Gasteiger partial charge in [-0.05, 0) is 46.9 Å². The molecule has 0 unspecified atom stereocenters. The first-order chi connectivity index (χ1) is 14.9. The van der Waals surface area contributed by atoms with Crippen molar-refractivity contribution in [1.82, 2.24) is 5.48 Å². The van der Waals surface area contributed by atoms with Crippen molar-refractivity contribution in [3.63, 3.8) is 0 Å². The van der Waals surface area contributed by atoms with Crippen LogP contribution >= 0.6 is 22.6 Å². The van der Waals surface area contributed by atoms with Gasteiger partial charge in [0, 0.05) is 9.13 Å². The molecule has 0 heterocycles. The molecule has 13 heteroatoms. The topological polar surface area (TPSA) is 125 Å². The van der Waals surface area contributed by atoms with Gasteiger partial charge in [-0.15, -0.1) is 0 Å². The first kappa shape index (κ1) is 24.4. The fourth-order valence-corrected chi connectivity index (χ4v) is 2.64. The number of hydrogen-bond acceptors (Lipinski definition) is 8. The Bertz CT molecular complexity index is 991. The highest BCUT2D eigenvalue weighted by Crippen LogP contribution is 2.30. The first-order valence-electron chi connectivity index (χ1n) is 8.47. The third kappa shape index (κ3) is 6.80. The summed E-state index contributed by atoms with van der Waals surface area (Å²) in [6.45, 7) is -0.843. The zero-order valence-corrected chi connectivity index (χ0v) is 17.8. The van der Waals surface area contributed by atoms with Crippen LogP contribution in [0.3, 0.4) is 0 Å². The van der Waals surface area contributed by atoms with E-state index in [1.807, 2.05) is 28.1 Å². The van der Waals surface area contributed by atoms with Gasteiger partial charge in [-0.2, -0.15) is 0 Å². The number of rotatable bonds is 10. The zero-order chi connectivity index (χ0) is 22.8. The van der Waals surface area contributed by atoms with E-state index in [4.69, 9.17) is 15.2 Å². The van der Waals surface area contributed by atoms with Crippen LogP contribution in [0.1, 0.15) is 15.9 Å². The highest BCUT2D eigenvalue weighted by atomic mass is 127. The molecular formula is C18H16F3IN4O5. The average Bonchev–Trinajstić information content (AvgIpc) is 2.74. The van der Waals surface area contributed by atoms with Gasteiger partial charge in [0.25, 0.3) is 5.91 Å². The number of carbonyl (C=O) groups excluding carboxylic acids is 1. The Morgan fingerprint density at radius 1 is 1.23 bits per heavy atom. The highest BCUT2D eigenvalue weighted by molar-refractivity contribution is 14.1. The molecule has 2 aromatic rings. The predicted octanol–water partition coefficient (Wildman–Crippen LogP) is 2.92. The second kappa shape index (κ2) is 12.1. The van der Waals surface area contributed by atoms with Crippen molar-refractivity contribution in [3.05, 3.63) is 56.4 Å².